The van der Waals surface area contributed by atoms with Crippen molar-refractivity contribution in [2.45, 2.75) is 18.5 Å². The van der Waals surface area contributed by atoms with Crippen molar-refractivity contribution in [1.82, 2.24) is 10.2 Å². The molecule has 2 fully saturated rings. The summed E-state index contributed by atoms with van der Waals surface area (Å²) in [6, 6.07) is 11.7. The van der Waals surface area contributed by atoms with Crippen LogP contribution in [-0.4, -0.2) is 53.9 Å². The lowest BCUT2D eigenvalue weighted by molar-refractivity contribution is -0.903. The van der Waals surface area contributed by atoms with Crippen LogP contribution in [0.3, 0.4) is 0 Å². The van der Waals surface area contributed by atoms with Gasteiger partial charge in [0.2, 0.25) is 5.13 Å². The molecule has 1 aromatic carbocycles. The number of likely N-dealkylation sites (N-methyl/N-ethyl adjacent to an activating group) is 1. The van der Waals surface area contributed by atoms with Gasteiger partial charge in [-0.05, 0) is 0 Å². The van der Waals surface area contributed by atoms with Crippen molar-refractivity contribution in [3.8, 4) is 10.6 Å². The Kier molecular flexibility index (Phi) is 2.62. The second-order valence-corrected chi connectivity index (χ2v) is 7.37. The maximum Gasteiger partial charge on any atom is 0.209 e. The van der Waals surface area contributed by atoms with Gasteiger partial charge in [0.15, 0.2) is 0 Å². The van der Waals surface area contributed by atoms with Crippen LogP contribution < -0.4 is 4.90 Å². The van der Waals surface area contributed by atoms with Crippen LogP contribution in [0.5, 0.6) is 0 Å². The summed E-state index contributed by atoms with van der Waals surface area (Å²) in [6.45, 7) is 2.35. The molecule has 3 heterocycles. The van der Waals surface area contributed by atoms with E-state index in [4.69, 9.17) is 0 Å². The van der Waals surface area contributed by atoms with Gasteiger partial charge in [0.05, 0.1) is 33.2 Å². The number of fused-ring (bicyclic) bond motifs is 2. The van der Waals surface area contributed by atoms with Crippen LogP contribution in [0.4, 0.5) is 5.13 Å². The number of hydrogen-bond acceptors (Lipinski definition) is 4. The fourth-order valence-electron chi connectivity index (χ4n) is 3.53. The van der Waals surface area contributed by atoms with Gasteiger partial charge in [-0.15, -0.1) is 10.2 Å². The van der Waals surface area contributed by atoms with Crippen LogP contribution >= 0.6 is 11.3 Å². The second kappa shape index (κ2) is 4.27. The summed E-state index contributed by atoms with van der Waals surface area (Å²) in [6.07, 6.45) is 1.30. The smallest absolute Gasteiger partial charge is 0.209 e. The summed E-state index contributed by atoms with van der Waals surface area (Å²) in [7, 11) is 4.69. The maximum absolute atomic E-state index is 4.43. The molecule has 20 heavy (non-hydrogen) atoms. The lowest BCUT2D eigenvalue weighted by Gasteiger charge is -2.38. The zero-order valence-electron chi connectivity index (χ0n) is 11.9. The summed E-state index contributed by atoms with van der Waals surface area (Å²) in [5.74, 6) is 0. The van der Waals surface area contributed by atoms with Crippen LogP contribution in [-0.2, 0) is 0 Å². The molecular formula is C15H19N4S+. The Morgan fingerprint density at radius 2 is 2.00 bits per heavy atom. The molecule has 0 spiro atoms. The molecule has 4 nitrogen and oxygen atoms in total. The summed E-state index contributed by atoms with van der Waals surface area (Å²) in [5, 5.41) is 10.9. The quantitative estimate of drug-likeness (QED) is 0.793. The molecule has 2 aliphatic heterocycles. The van der Waals surface area contributed by atoms with E-state index in [1.54, 1.807) is 11.3 Å². The molecule has 0 radical (unpaired) electrons. The van der Waals surface area contributed by atoms with E-state index >= 15 is 0 Å². The zero-order chi connectivity index (χ0) is 13.7. The van der Waals surface area contributed by atoms with E-state index in [0.29, 0.717) is 6.04 Å². The van der Waals surface area contributed by atoms with E-state index in [2.05, 4.69) is 41.3 Å². The Balaban J connectivity index is 1.59. The lowest BCUT2D eigenvalue weighted by Crippen LogP contribution is -2.55. The minimum Gasteiger partial charge on any atom is -0.332 e. The van der Waals surface area contributed by atoms with Crippen molar-refractivity contribution in [3.63, 3.8) is 0 Å². The molecule has 0 unspecified atom stereocenters. The van der Waals surface area contributed by atoms with Gasteiger partial charge in [-0.1, -0.05) is 41.7 Å². The van der Waals surface area contributed by atoms with Crippen LogP contribution in [0, 0.1) is 0 Å². The minimum atomic E-state index is 0.645. The van der Waals surface area contributed by atoms with E-state index in [1.807, 2.05) is 18.2 Å². The van der Waals surface area contributed by atoms with E-state index < -0.39 is 0 Å². The van der Waals surface area contributed by atoms with Gasteiger partial charge < -0.3 is 9.38 Å². The highest BCUT2D eigenvalue weighted by molar-refractivity contribution is 7.18. The van der Waals surface area contributed by atoms with Gasteiger partial charge in [-0.2, -0.15) is 0 Å². The topological polar surface area (TPSA) is 29.0 Å². The number of hydrogen-bond donors (Lipinski definition) is 0. The molecule has 0 amide bonds. The highest BCUT2D eigenvalue weighted by atomic mass is 32.1. The van der Waals surface area contributed by atoms with Gasteiger partial charge in [0, 0.05) is 12.0 Å². The summed E-state index contributed by atoms with van der Waals surface area (Å²) in [4.78, 5) is 2.47. The summed E-state index contributed by atoms with van der Waals surface area (Å²) >= 11 is 1.72. The first-order valence-electron chi connectivity index (χ1n) is 7.12. The zero-order valence-corrected chi connectivity index (χ0v) is 12.7. The Morgan fingerprint density at radius 1 is 1.20 bits per heavy atom. The normalized spacial score (nSPS) is 27.2. The number of aromatic nitrogens is 2. The predicted octanol–water partition coefficient (Wildman–Crippen LogP) is 2.24. The summed E-state index contributed by atoms with van der Waals surface area (Å²) in [5.41, 5.74) is 1.16. The molecule has 0 saturated carbocycles. The molecule has 0 N–H and O–H groups in total. The number of benzene rings is 1. The molecule has 2 bridgehead atoms. The Morgan fingerprint density at radius 3 is 2.65 bits per heavy atom. The van der Waals surface area contributed by atoms with E-state index in [1.165, 1.54) is 13.0 Å². The third-order valence-electron chi connectivity index (χ3n) is 4.74. The Hall–Kier alpha value is -1.46. The molecule has 2 atom stereocenters. The van der Waals surface area contributed by atoms with E-state index in [-0.39, 0.29) is 0 Å². The minimum absolute atomic E-state index is 0.645. The van der Waals surface area contributed by atoms with E-state index in [0.717, 1.165) is 32.8 Å². The molecular weight excluding hydrogens is 268 g/mol. The number of anilines is 1. The first kappa shape index (κ1) is 12.3. The van der Waals surface area contributed by atoms with Crippen LogP contribution in [0.1, 0.15) is 6.42 Å². The average molecular weight is 287 g/mol. The number of piperazine rings is 1. The number of quaternary nitrogens is 1. The van der Waals surface area contributed by atoms with Crippen molar-refractivity contribution >= 4 is 16.5 Å². The molecule has 2 aliphatic rings. The standard InChI is InChI=1S/C15H19N4S/c1-19(2)10-12-8-13(19)9-18(12)15-17-16-14(20-15)11-6-4-3-5-7-11/h3-7,12-13H,8-10H2,1-2H3/q+1/t12-,13+/m0/s1. The molecule has 0 aliphatic carbocycles. The monoisotopic (exact) mass is 287 g/mol. The molecule has 4 rings (SSSR count). The van der Waals surface area contributed by atoms with Crippen molar-refractivity contribution in [3.05, 3.63) is 30.3 Å². The molecule has 2 saturated heterocycles. The van der Waals surface area contributed by atoms with Crippen LogP contribution in [0.25, 0.3) is 10.6 Å². The van der Waals surface area contributed by atoms with Gasteiger partial charge >= 0.3 is 0 Å². The van der Waals surface area contributed by atoms with Crippen molar-refractivity contribution in [1.29, 1.82) is 0 Å². The van der Waals surface area contributed by atoms with Crippen molar-refractivity contribution in [2.75, 3.05) is 32.1 Å². The average Bonchev–Trinajstić information content (AvgIpc) is 3.11. The first-order chi connectivity index (χ1) is 9.63. The van der Waals surface area contributed by atoms with E-state index in [9.17, 15) is 0 Å². The molecule has 2 aromatic rings. The predicted molar refractivity (Wildman–Crippen MR) is 81.9 cm³/mol. The first-order valence-corrected chi connectivity index (χ1v) is 7.93. The Bertz CT molecular complexity index is 622. The van der Waals surface area contributed by atoms with Crippen molar-refractivity contribution < 1.29 is 4.48 Å². The largest absolute Gasteiger partial charge is 0.332 e. The molecule has 1 aromatic heterocycles. The van der Waals surface area contributed by atoms with Crippen LogP contribution in [0.2, 0.25) is 0 Å². The van der Waals surface area contributed by atoms with Gasteiger partial charge in [0.25, 0.3) is 0 Å². The van der Waals surface area contributed by atoms with Gasteiger partial charge in [0.1, 0.15) is 11.0 Å². The van der Waals surface area contributed by atoms with Crippen molar-refractivity contribution in [2.24, 2.45) is 0 Å². The third-order valence-corrected chi connectivity index (χ3v) is 5.75. The fraction of sp³-hybridized carbons (Fsp3) is 0.467. The SMILES string of the molecule is C[N+]1(C)C[C@@H]2C[C@@H]1CN2c1nnc(-c2ccccc2)s1. The second-order valence-electron chi connectivity index (χ2n) is 6.41. The van der Waals surface area contributed by atoms with Gasteiger partial charge in [-0.3, -0.25) is 0 Å². The number of nitrogens with zero attached hydrogens (tertiary/aromatic N) is 4. The number of rotatable bonds is 2. The highest BCUT2D eigenvalue weighted by Gasteiger charge is 2.51. The van der Waals surface area contributed by atoms with Gasteiger partial charge in [-0.25, -0.2) is 0 Å². The Labute approximate surface area is 123 Å². The highest BCUT2D eigenvalue weighted by Crippen LogP contribution is 2.39. The molecule has 5 heteroatoms. The number of likely N-dealkylation sites (tertiary alicyclic amines) is 1. The maximum atomic E-state index is 4.43. The fourth-order valence-corrected chi connectivity index (χ4v) is 4.46. The lowest BCUT2D eigenvalue weighted by atomic mass is 10.2. The summed E-state index contributed by atoms with van der Waals surface area (Å²) < 4.78 is 1.16. The molecule has 104 valence electrons. The van der Waals surface area contributed by atoms with Crippen LogP contribution in [0.15, 0.2) is 30.3 Å². The third kappa shape index (κ3) is 1.84.